The van der Waals surface area contributed by atoms with E-state index in [4.69, 9.17) is 17.2 Å². The maximum absolute atomic E-state index is 14.0. The molecule has 0 unspecified atom stereocenters. The summed E-state index contributed by atoms with van der Waals surface area (Å²) in [7, 11) is 0. The van der Waals surface area contributed by atoms with Crippen LogP contribution in [0.1, 0.15) is 56.2 Å². The number of nitrogens with one attached hydrogen (secondary N) is 2. The highest BCUT2D eigenvalue weighted by atomic mass is 35.5. The summed E-state index contributed by atoms with van der Waals surface area (Å²) in [6.45, 7) is 2.00. The summed E-state index contributed by atoms with van der Waals surface area (Å²) in [5, 5.41) is 6.06. The number of carbonyl (C=O) groups is 3. The molecule has 0 bridgehead atoms. The molecule has 216 valence electrons. The van der Waals surface area contributed by atoms with Gasteiger partial charge in [0.15, 0.2) is 5.96 Å². The number of fused-ring (bicyclic) bond motifs is 1. The van der Waals surface area contributed by atoms with Crippen molar-refractivity contribution in [2.24, 2.45) is 28.1 Å². The molecule has 2 heterocycles. The van der Waals surface area contributed by atoms with E-state index in [0.717, 1.165) is 11.1 Å². The quantitative estimate of drug-likeness (QED) is 0.227. The fraction of sp³-hybridized carbons (Fsp3) is 0.448. The molecule has 2 aromatic rings. The summed E-state index contributed by atoms with van der Waals surface area (Å²) >= 11 is 0. The largest absolute Gasteiger partial charge is 0.370 e. The normalized spacial score (nSPS) is 22.9. The summed E-state index contributed by atoms with van der Waals surface area (Å²) in [6, 6.07) is 16.8. The minimum absolute atomic E-state index is 0. The van der Waals surface area contributed by atoms with Gasteiger partial charge in [0.05, 0.1) is 12.1 Å². The molecule has 2 aromatic carbocycles. The van der Waals surface area contributed by atoms with E-state index in [1.54, 1.807) is 4.90 Å². The lowest BCUT2D eigenvalue weighted by molar-refractivity contribution is -0.143. The van der Waals surface area contributed by atoms with Crippen molar-refractivity contribution in [2.45, 2.75) is 69.2 Å². The number of hydrogen-bond donors (Lipinski definition) is 5. The Morgan fingerprint density at radius 1 is 0.975 bits per heavy atom. The van der Waals surface area contributed by atoms with E-state index in [2.05, 4.69) is 15.6 Å². The van der Waals surface area contributed by atoms with Gasteiger partial charge in [-0.1, -0.05) is 67.6 Å². The van der Waals surface area contributed by atoms with Crippen molar-refractivity contribution >= 4 is 36.1 Å². The van der Waals surface area contributed by atoms with Crippen molar-refractivity contribution in [3.8, 4) is 0 Å². The predicted octanol–water partition coefficient (Wildman–Crippen LogP) is 1.58. The Morgan fingerprint density at radius 2 is 1.55 bits per heavy atom. The predicted molar refractivity (Wildman–Crippen MR) is 157 cm³/mol. The Morgan fingerprint density at radius 3 is 2.10 bits per heavy atom. The van der Waals surface area contributed by atoms with Gasteiger partial charge >= 0.3 is 0 Å². The van der Waals surface area contributed by atoms with Crippen molar-refractivity contribution in [3.63, 3.8) is 0 Å². The van der Waals surface area contributed by atoms with Crippen LogP contribution >= 0.6 is 12.4 Å². The molecule has 0 saturated carbocycles. The fourth-order valence-electron chi connectivity index (χ4n) is 5.63. The first kappa shape index (κ1) is 30.9. The fourth-order valence-corrected chi connectivity index (χ4v) is 5.63. The number of hydrogen-bond acceptors (Lipinski definition) is 5. The van der Waals surface area contributed by atoms with Crippen molar-refractivity contribution in [2.75, 3.05) is 6.54 Å². The molecule has 3 amide bonds. The topological polar surface area (TPSA) is 169 Å². The third kappa shape index (κ3) is 7.11. The number of aliphatic imine (C=N–C) groups is 1. The smallest absolute Gasteiger partial charge is 0.246 e. The van der Waals surface area contributed by atoms with Crippen molar-refractivity contribution in [3.05, 3.63) is 71.8 Å². The molecule has 40 heavy (non-hydrogen) atoms. The van der Waals surface area contributed by atoms with E-state index in [1.807, 2.05) is 67.6 Å². The molecule has 5 atom stereocenters. The second-order valence-corrected chi connectivity index (χ2v) is 10.4. The second-order valence-electron chi connectivity index (χ2n) is 10.4. The first-order chi connectivity index (χ1) is 18.8. The van der Waals surface area contributed by atoms with Gasteiger partial charge in [-0.15, -0.1) is 12.4 Å². The maximum Gasteiger partial charge on any atom is 0.246 e. The average Bonchev–Trinajstić information content (AvgIpc) is 3.33. The summed E-state index contributed by atoms with van der Waals surface area (Å²) in [5.41, 5.74) is 19.0. The molecule has 2 aliphatic rings. The molecule has 10 nitrogen and oxygen atoms in total. The van der Waals surface area contributed by atoms with E-state index >= 15 is 0 Å². The zero-order valence-electron chi connectivity index (χ0n) is 22.7. The lowest BCUT2D eigenvalue weighted by Gasteiger charge is -2.33. The summed E-state index contributed by atoms with van der Waals surface area (Å²) in [6.07, 6.45) is 3.00. The van der Waals surface area contributed by atoms with Gasteiger partial charge in [0.1, 0.15) is 12.1 Å². The SMILES string of the molecule is CC[C@H](N)C(=O)N[C@@H]1C(=O)N2[C@@H](CC[C@@H]1CN=C(N)N)CC[C@H]2C(=O)NC(c1ccccc1)c1ccccc1.Cl. The standard InChI is InChI=1S/C29H39N7O3.ClH/c1-2-22(30)26(37)35-25-20(17-33-29(31)32)13-14-21-15-16-23(36(21)28(25)39)27(38)34-24(18-9-5-3-6-10-18)19-11-7-4-8-12-19;/h3-12,20-25H,2,13-17,30H2,1H3,(H,34,38)(H,35,37)(H4,31,32,33);1H/t20-,21+,22+,23+,25+;/m1./s1. The first-order valence-corrected chi connectivity index (χ1v) is 13.6. The van der Waals surface area contributed by atoms with Gasteiger partial charge in [-0.2, -0.15) is 0 Å². The van der Waals surface area contributed by atoms with Gasteiger partial charge < -0.3 is 32.7 Å². The number of amides is 3. The number of guanidine groups is 1. The number of benzene rings is 2. The molecule has 0 aromatic heterocycles. The van der Waals surface area contributed by atoms with E-state index < -0.39 is 24.0 Å². The highest BCUT2D eigenvalue weighted by molar-refractivity contribution is 5.94. The Kier molecular flexibility index (Phi) is 10.9. The van der Waals surface area contributed by atoms with Crippen LogP contribution in [0.15, 0.2) is 65.7 Å². The first-order valence-electron chi connectivity index (χ1n) is 13.6. The molecule has 4 rings (SSSR count). The van der Waals surface area contributed by atoms with Crippen LogP contribution in [0.4, 0.5) is 0 Å². The van der Waals surface area contributed by atoms with Gasteiger partial charge in [-0.05, 0) is 43.2 Å². The van der Waals surface area contributed by atoms with Crippen LogP contribution in [-0.2, 0) is 14.4 Å². The summed E-state index contributed by atoms with van der Waals surface area (Å²) < 4.78 is 0. The molecule has 0 spiro atoms. The van der Waals surface area contributed by atoms with Crippen LogP contribution < -0.4 is 27.8 Å². The number of carbonyl (C=O) groups excluding carboxylic acids is 3. The molecule has 2 fully saturated rings. The summed E-state index contributed by atoms with van der Waals surface area (Å²) in [5.74, 6) is -1.31. The molecule has 0 aliphatic carbocycles. The highest BCUT2D eigenvalue weighted by Gasteiger charge is 2.47. The third-order valence-electron chi connectivity index (χ3n) is 7.80. The number of nitrogens with zero attached hydrogens (tertiary/aromatic N) is 2. The molecule has 11 heteroatoms. The van der Waals surface area contributed by atoms with Crippen LogP contribution in [0.2, 0.25) is 0 Å². The lowest BCUT2D eigenvalue weighted by atomic mass is 9.93. The molecule has 2 saturated heterocycles. The Balaban J connectivity index is 0.00000441. The zero-order valence-corrected chi connectivity index (χ0v) is 23.6. The summed E-state index contributed by atoms with van der Waals surface area (Å²) in [4.78, 5) is 46.5. The van der Waals surface area contributed by atoms with Crippen molar-refractivity contribution < 1.29 is 14.4 Å². The maximum atomic E-state index is 14.0. The van der Waals surface area contributed by atoms with E-state index in [-0.39, 0.29) is 54.7 Å². The lowest BCUT2D eigenvalue weighted by Crippen LogP contribution is -2.58. The van der Waals surface area contributed by atoms with Crippen LogP contribution in [0.5, 0.6) is 0 Å². The van der Waals surface area contributed by atoms with E-state index in [9.17, 15) is 14.4 Å². The monoisotopic (exact) mass is 569 g/mol. The number of nitrogens with two attached hydrogens (primary N) is 3. The zero-order chi connectivity index (χ0) is 27.9. The molecule has 0 radical (unpaired) electrons. The van der Waals surface area contributed by atoms with Gasteiger partial charge in [-0.3, -0.25) is 19.4 Å². The van der Waals surface area contributed by atoms with Crippen LogP contribution in [-0.4, -0.2) is 59.3 Å². The van der Waals surface area contributed by atoms with Crippen LogP contribution in [0, 0.1) is 5.92 Å². The highest BCUT2D eigenvalue weighted by Crippen LogP contribution is 2.35. The minimum Gasteiger partial charge on any atom is -0.370 e. The number of halogens is 1. The molecular weight excluding hydrogens is 530 g/mol. The number of rotatable bonds is 9. The second kappa shape index (κ2) is 14.1. The third-order valence-corrected chi connectivity index (χ3v) is 7.80. The van der Waals surface area contributed by atoms with E-state index in [1.165, 1.54) is 0 Å². The Labute approximate surface area is 241 Å². The van der Waals surface area contributed by atoms with Gasteiger partial charge in [0.2, 0.25) is 17.7 Å². The van der Waals surface area contributed by atoms with Gasteiger partial charge in [0, 0.05) is 18.5 Å². The Hall–Kier alpha value is -3.63. The average molecular weight is 570 g/mol. The molecule has 2 aliphatic heterocycles. The molecular formula is C29H40ClN7O3. The molecule has 8 N–H and O–H groups in total. The van der Waals surface area contributed by atoms with Gasteiger partial charge in [0.25, 0.3) is 0 Å². The van der Waals surface area contributed by atoms with Crippen molar-refractivity contribution in [1.82, 2.24) is 15.5 Å². The van der Waals surface area contributed by atoms with Crippen molar-refractivity contribution in [1.29, 1.82) is 0 Å². The Bertz CT molecular complexity index is 1140. The minimum atomic E-state index is -0.879. The van der Waals surface area contributed by atoms with Crippen LogP contribution in [0.25, 0.3) is 0 Å². The van der Waals surface area contributed by atoms with Gasteiger partial charge in [-0.25, -0.2) is 0 Å². The van der Waals surface area contributed by atoms with Crippen LogP contribution in [0.3, 0.4) is 0 Å². The van der Waals surface area contributed by atoms with E-state index in [0.29, 0.717) is 32.1 Å².